The molecule has 2 aromatic carbocycles. The lowest BCUT2D eigenvalue weighted by Gasteiger charge is -2.30. The molecule has 0 saturated carbocycles. The minimum absolute atomic E-state index is 0.0249. The second-order valence-electron chi connectivity index (χ2n) is 7.99. The van der Waals surface area contributed by atoms with Crippen molar-refractivity contribution in [3.8, 4) is 0 Å². The fourth-order valence-electron chi connectivity index (χ4n) is 2.74. The van der Waals surface area contributed by atoms with E-state index in [1.54, 1.807) is 0 Å². The average molecular weight is 310 g/mol. The molecular formula is C22H30O. The van der Waals surface area contributed by atoms with Gasteiger partial charge in [-0.3, -0.25) is 0 Å². The zero-order valence-corrected chi connectivity index (χ0v) is 15.4. The maximum atomic E-state index is 6.13. The van der Waals surface area contributed by atoms with Gasteiger partial charge in [-0.2, -0.15) is 0 Å². The summed E-state index contributed by atoms with van der Waals surface area (Å²) >= 11 is 0. The summed E-state index contributed by atoms with van der Waals surface area (Å²) in [4.78, 5) is 0. The normalized spacial score (nSPS) is 12.4. The molecule has 2 aromatic rings. The van der Waals surface area contributed by atoms with Gasteiger partial charge in [0, 0.05) is 10.8 Å². The second kappa shape index (κ2) is 6.88. The molecule has 0 bridgehead atoms. The second-order valence-corrected chi connectivity index (χ2v) is 7.99. The van der Waals surface area contributed by atoms with Gasteiger partial charge in [0.1, 0.15) is 0 Å². The molecule has 1 heteroatoms. The fourth-order valence-corrected chi connectivity index (χ4v) is 2.74. The van der Waals surface area contributed by atoms with Gasteiger partial charge in [-0.05, 0) is 25.0 Å². The molecule has 0 spiro atoms. The summed E-state index contributed by atoms with van der Waals surface area (Å²) in [5.41, 5.74) is 5.30. The smallest absolute Gasteiger partial charge is 0.0558 e. The SMILES string of the molecule is Cc1ccc(C(C)(C)COCC(C)(C)c2ccc(C)cc2)cc1. The van der Waals surface area contributed by atoms with Crippen molar-refractivity contribution in [1.29, 1.82) is 0 Å². The third-order valence-corrected chi connectivity index (χ3v) is 4.59. The van der Waals surface area contributed by atoms with E-state index in [9.17, 15) is 0 Å². The van der Waals surface area contributed by atoms with Crippen LogP contribution in [0.15, 0.2) is 48.5 Å². The van der Waals surface area contributed by atoms with Crippen LogP contribution in [0.3, 0.4) is 0 Å². The molecule has 0 amide bonds. The first-order valence-corrected chi connectivity index (χ1v) is 8.43. The van der Waals surface area contributed by atoms with E-state index in [0.717, 1.165) is 13.2 Å². The van der Waals surface area contributed by atoms with Gasteiger partial charge in [-0.15, -0.1) is 0 Å². The standard InChI is InChI=1S/C22H30O/c1-17-7-11-19(12-8-17)21(3,4)15-23-16-22(5,6)20-13-9-18(2)10-14-20/h7-14H,15-16H2,1-6H3. The van der Waals surface area contributed by atoms with E-state index in [0.29, 0.717) is 0 Å². The highest BCUT2D eigenvalue weighted by Gasteiger charge is 2.25. The first-order valence-electron chi connectivity index (χ1n) is 8.43. The van der Waals surface area contributed by atoms with Crippen molar-refractivity contribution in [2.45, 2.75) is 52.4 Å². The molecular weight excluding hydrogens is 280 g/mol. The number of hydrogen-bond acceptors (Lipinski definition) is 1. The fraction of sp³-hybridized carbons (Fsp3) is 0.455. The highest BCUT2D eigenvalue weighted by molar-refractivity contribution is 5.28. The zero-order chi connectivity index (χ0) is 17.1. The van der Waals surface area contributed by atoms with Crippen LogP contribution in [-0.2, 0) is 15.6 Å². The lowest BCUT2D eigenvalue weighted by Crippen LogP contribution is -2.30. The number of aryl methyl sites for hydroxylation is 2. The van der Waals surface area contributed by atoms with Crippen LogP contribution in [0, 0.1) is 13.8 Å². The molecule has 0 radical (unpaired) electrons. The maximum absolute atomic E-state index is 6.13. The number of rotatable bonds is 6. The molecule has 0 fully saturated rings. The van der Waals surface area contributed by atoms with Crippen molar-refractivity contribution in [2.24, 2.45) is 0 Å². The Morgan fingerprint density at radius 3 is 1.22 bits per heavy atom. The van der Waals surface area contributed by atoms with Gasteiger partial charge in [-0.25, -0.2) is 0 Å². The van der Waals surface area contributed by atoms with Crippen molar-refractivity contribution >= 4 is 0 Å². The summed E-state index contributed by atoms with van der Waals surface area (Å²) in [6, 6.07) is 17.5. The topological polar surface area (TPSA) is 9.23 Å². The van der Waals surface area contributed by atoms with Crippen molar-refractivity contribution < 1.29 is 4.74 Å². The number of benzene rings is 2. The Morgan fingerprint density at radius 1 is 0.609 bits per heavy atom. The van der Waals surface area contributed by atoms with Gasteiger partial charge in [0.25, 0.3) is 0 Å². The lowest BCUT2D eigenvalue weighted by atomic mass is 9.84. The van der Waals surface area contributed by atoms with E-state index < -0.39 is 0 Å². The van der Waals surface area contributed by atoms with Gasteiger partial charge in [-0.1, -0.05) is 87.4 Å². The molecule has 0 aliphatic heterocycles. The van der Waals surface area contributed by atoms with E-state index in [1.807, 2.05) is 0 Å². The molecule has 0 saturated heterocycles. The number of hydrogen-bond donors (Lipinski definition) is 0. The van der Waals surface area contributed by atoms with E-state index in [4.69, 9.17) is 4.74 Å². The Labute approximate surface area is 141 Å². The van der Waals surface area contributed by atoms with Crippen molar-refractivity contribution in [2.75, 3.05) is 13.2 Å². The van der Waals surface area contributed by atoms with Crippen LogP contribution in [0.2, 0.25) is 0 Å². The van der Waals surface area contributed by atoms with E-state index >= 15 is 0 Å². The lowest BCUT2D eigenvalue weighted by molar-refractivity contribution is 0.0634. The van der Waals surface area contributed by atoms with E-state index in [-0.39, 0.29) is 10.8 Å². The Hall–Kier alpha value is -1.60. The predicted molar refractivity (Wildman–Crippen MR) is 99.2 cm³/mol. The van der Waals surface area contributed by atoms with Crippen LogP contribution >= 0.6 is 0 Å². The third-order valence-electron chi connectivity index (χ3n) is 4.59. The van der Waals surface area contributed by atoms with Gasteiger partial charge in [0.15, 0.2) is 0 Å². The third kappa shape index (κ3) is 4.68. The summed E-state index contributed by atoms with van der Waals surface area (Å²) in [5, 5.41) is 0. The highest BCUT2D eigenvalue weighted by Crippen LogP contribution is 2.27. The summed E-state index contributed by atoms with van der Waals surface area (Å²) < 4.78 is 6.13. The molecule has 23 heavy (non-hydrogen) atoms. The Balaban J connectivity index is 1.97. The largest absolute Gasteiger partial charge is 0.380 e. The van der Waals surface area contributed by atoms with Gasteiger partial charge in [0.05, 0.1) is 13.2 Å². The van der Waals surface area contributed by atoms with E-state index in [2.05, 4.69) is 90.1 Å². The van der Waals surface area contributed by atoms with Crippen LogP contribution in [0.5, 0.6) is 0 Å². The summed E-state index contributed by atoms with van der Waals surface area (Å²) in [6.45, 7) is 14.7. The van der Waals surface area contributed by atoms with Crippen LogP contribution in [0.4, 0.5) is 0 Å². The molecule has 0 atom stereocenters. The molecule has 0 aliphatic carbocycles. The highest BCUT2D eigenvalue weighted by atomic mass is 16.5. The zero-order valence-electron chi connectivity index (χ0n) is 15.4. The molecule has 0 N–H and O–H groups in total. The van der Waals surface area contributed by atoms with Crippen LogP contribution in [0.1, 0.15) is 49.9 Å². The Kier molecular flexibility index (Phi) is 5.31. The minimum Gasteiger partial charge on any atom is -0.380 e. The minimum atomic E-state index is 0.0249. The van der Waals surface area contributed by atoms with Gasteiger partial charge in [0.2, 0.25) is 0 Å². The molecule has 1 nitrogen and oxygen atoms in total. The molecule has 0 unspecified atom stereocenters. The molecule has 2 rings (SSSR count). The van der Waals surface area contributed by atoms with Crippen molar-refractivity contribution in [3.05, 3.63) is 70.8 Å². The summed E-state index contributed by atoms with van der Waals surface area (Å²) in [5.74, 6) is 0. The van der Waals surface area contributed by atoms with Crippen LogP contribution < -0.4 is 0 Å². The monoisotopic (exact) mass is 310 g/mol. The Bertz CT molecular complexity index is 561. The van der Waals surface area contributed by atoms with Gasteiger partial charge < -0.3 is 4.74 Å². The molecule has 0 aliphatic rings. The Morgan fingerprint density at radius 2 is 0.913 bits per heavy atom. The first kappa shape index (κ1) is 17.7. The predicted octanol–water partition coefficient (Wildman–Crippen LogP) is 5.58. The van der Waals surface area contributed by atoms with Crippen molar-refractivity contribution in [1.82, 2.24) is 0 Å². The van der Waals surface area contributed by atoms with Crippen LogP contribution in [-0.4, -0.2) is 13.2 Å². The quantitative estimate of drug-likeness (QED) is 0.677. The van der Waals surface area contributed by atoms with E-state index in [1.165, 1.54) is 22.3 Å². The van der Waals surface area contributed by atoms with Crippen LogP contribution in [0.25, 0.3) is 0 Å². The van der Waals surface area contributed by atoms with Crippen molar-refractivity contribution in [3.63, 3.8) is 0 Å². The molecule has 0 aromatic heterocycles. The molecule has 0 heterocycles. The molecule has 124 valence electrons. The summed E-state index contributed by atoms with van der Waals surface area (Å²) in [6.07, 6.45) is 0. The summed E-state index contributed by atoms with van der Waals surface area (Å²) in [7, 11) is 0. The first-order chi connectivity index (χ1) is 10.7. The number of ether oxygens (including phenoxy) is 1. The van der Waals surface area contributed by atoms with Gasteiger partial charge >= 0.3 is 0 Å². The average Bonchev–Trinajstić information content (AvgIpc) is 2.47. The maximum Gasteiger partial charge on any atom is 0.0558 e.